The van der Waals surface area contributed by atoms with Crippen molar-refractivity contribution in [3.63, 3.8) is 0 Å². The lowest BCUT2D eigenvalue weighted by atomic mass is 10.0. The second-order valence-electron chi connectivity index (χ2n) is 4.71. The molecule has 1 aromatic heterocycles. The molecule has 1 aromatic carbocycles. The van der Waals surface area contributed by atoms with Gasteiger partial charge < -0.3 is 5.32 Å². The van der Waals surface area contributed by atoms with Crippen molar-refractivity contribution in [1.82, 2.24) is 4.98 Å². The van der Waals surface area contributed by atoms with Crippen molar-refractivity contribution in [2.45, 2.75) is 17.4 Å². The van der Waals surface area contributed by atoms with E-state index in [4.69, 9.17) is 0 Å². The number of sulfone groups is 1. The number of anilines is 1. The molecule has 20 heavy (non-hydrogen) atoms. The zero-order valence-corrected chi connectivity index (χ0v) is 11.4. The van der Waals surface area contributed by atoms with Gasteiger partial charge in [0, 0.05) is 0 Å². The van der Waals surface area contributed by atoms with Gasteiger partial charge in [0.1, 0.15) is 0 Å². The average molecular weight is 292 g/mol. The lowest BCUT2D eigenvalue weighted by Crippen LogP contribution is -2.24. The number of hydrogen-bond donors (Lipinski definition) is 1. The number of nitrogens with one attached hydrogen (secondary N) is 1. The van der Waals surface area contributed by atoms with E-state index in [-0.39, 0.29) is 11.8 Å². The maximum Gasteiger partial charge on any atom is 0.212 e. The average Bonchev–Trinajstić information content (AvgIpc) is 2.45. The van der Waals surface area contributed by atoms with E-state index in [1.807, 2.05) is 6.07 Å². The number of halogens is 1. The highest BCUT2D eigenvalue weighted by Crippen LogP contribution is 2.34. The number of hydrogen-bond acceptors (Lipinski definition) is 4. The van der Waals surface area contributed by atoms with Gasteiger partial charge >= 0.3 is 0 Å². The normalized spacial score (nSPS) is 20.1. The second kappa shape index (κ2) is 4.86. The first-order valence-electron chi connectivity index (χ1n) is 6.26. The minimum atomic E-state index is -3.19. The first kappa shape index (κ1) is 13.1. The molecule has 0 bridgehead atoms. The molecular formula is C14H13FN2O2S. The summed E-state index contributed by atoms with van der Waals surface area (Å²) in [6.45, 7) is 0. The van der Waals surface area contributed by atoms with Crippen molar-refractivity contribution in [3.05, 3.63) is 54.1 Å². The third kappa shape index (κ3) is 2.38. The molecule has 0 fully saturated rings. The minimum Gasteiger partial charge on any atom is -0.377 e. The summed E-state index contributed by atoms with van der Waals surface area (Å²) in [5.41, 5.74) is 1.42. The molecule has 1 aliphatic heterocycles. The van der Waals surface area contributed by atoms with Crippen LogP contribution in [0.2, 0.25) is 0 Å². The van der Waals surface area contributed by atoms with Gasteiger partial charge in [0.25, 0.3) is 0 Å². The smallest absolute Gasteiger partial charge is 0.212 e. The van der Waals surface area contributed by atoms with Crippen LogP contribution >= 0.6 is 0 Å². The van der Waals surface area contributed by atoms with E-state index in [0.717, 1.165) is 5.56 Å². The van der Waals surface area contributed by atoms with E-state index in [2.05, 4.69) is 10.3 Å². The number of pyridine rings is 1. The Morgan fingerprint density at radius 3 is 2.75 bits per heavy atom. The molecule has 3 rings (SSSR count). The van der Waals surface area contributed by atoms with Crippen molar-refractivity contribution >= 4 is 15.5 Å². The summed E-state index contributed by atoms with van der Waals surface area (Å²) in [6, 6.07) is 9.72. The lowest BCUT2D eigenvalue weighted by molar-refractivity contribution is 0.575. The van der Waals surface area contributed by atoms with Crippen molar-refractivity contribution in [2.75, 3.05) is 11.1 Å². The van der Waals surface area contributed by atoms with E-state index < -0.39 is 15.8 Å². The van der Waals surface area contributed by atoms with E-state index >= 15 is 0 Å². The van der Waals surface area contributed by atoms with E-state index in [1.165, 1.54) is 12.3 Å². The molecular weight excluding hydrogens is 279 g/mol. The van der Waals surface area contributed by atoms with Crippen molar-refractivity contribution in [2.24, 2.45) is 0 Å². The molecule has 1 aliphatic rings. The van der Waals surface area contributed by atoms with Gasteiger partial charge in [-0.05, 0) is 30.2 Å². The van der Waals surface area contributed by atoms with E-state index in [1.54, 1.807) is 24.3 Å². The van der Waals surface area contributed by atoms with Crippen molar-refractivity contribution in [3.8, 4) is 0 Å². The van der Waals surface area contributed by atoms with Gasteiger partial charge in [0.05, 0.1) is 28.6 Å². The third-order valence-corrected chi connectivity index (χ3v) is 5.19. The zero-order chi connectivity index (χ0) is 14.2. The molecule has 104 valence electrons. The Bertz CT molecular complexity index is 729. The molecule has 0 radical (unpaired) electrons. The fourth-order valence-electron chi connectivity index (χ4n) is 2.40. The van der Waals surface area contributed by atoms with Crippen LogP contribution in [-0.2, 0) is 9.84 Å². The Morgan fingerprint density at radius 2 is 2.00 bits per heavy atom. The van der Waals surface area contributed by atoms with Crippen LogP contribution in [0.1, 0.15) is 18.0 Å². The van der Waals surface area contributed by atoms with Crippen LogP contribution in [0.25, 0.3) is 0 Å². The van der Waals surface area contributed by atoms with Gasteiger partial charge in [-0.3, -0.25) is 0 Å². The Kier molecular flexibility index (Phi) is 3.17. The third-order valence-electron chi connectivity index (χ3n) is 3.37. The Balaban J connectivity index is 1.94. The standard InChI is InChI=1S/C14H13FN2O2S/c15-14-6-5-10(9-16-14)17-12-7-8-20(18,19)13-4-2-1-3-11(12)13/h1-6,9,12,17H,7-8H2. The van der Waals surface area contributed by atoms with Crippen LogP contribution in [0.5, 0.6) is 0 Å². The van der Waals surface area contributed by atoms with Crippen LogP contribution < -0.4 is 5.32 Å². The van der Waals surface area contributed by atoms with Gasteiger partial charge in [-0.25, -0.2) is 13.4 Å². The highest BCUT2D eigenvalue weighted by atomic mass is 32.2. The summed E-state index contributed by atoms with van der Waals surface area (Å²) >= 11 is 0. The molecule has 1 unspecified atom stereocenters. The quantitative estimate of drug-likeness (QED) is 0.864. The molecule has 2 heterocycles. The maximum absolute atomic E-state index is 12.8. The molecule has 0 spiro atoms. The molecule has 1 atom stereocenters. The van der Waals surface area contributed by atoms with Gasteiger partial charge in [0.2, 0.25) is 5.95 Å². The molecule has 0 saturated heterocycles. The number of benzene rings is 1. The summed E-state index contributed by atoms with van der Waals surface area (Å²) in [6.07, 6.45) is 1.89. The topological polar surface area (TPSA) is 59.1 Å². The molecule has 1 N–H and O–H groups in total. The molecule has 2 aromatic rings. The van der Waals surface area contributed by atoms with E-state index in [0.29, 0.717) is 17.0 Å². The highest BCUT2D eigenvalue weighted by Gasteiger charge is 2.29. The van der Waals surface area contributed by atoms with Gasteiger partial charge in [-0.1, -0.05) is 18.2 Å². The van der Waals surface area contributed by atoms with E-state index in [9.17, 15) is 12.8 Å². The van der Waals surface area contributed by atoms with Crippen LogP contribution in [0.3, 0.4) is 0 Å². The zero-order valence-electron chi connectivity index (χ0n) is 10.6. The lowest BCUT2D eigenvalue weighted by Gasteiger charge is -2.26. The van der Waals surface area contributed by atoms with Crippen molar-refractivity contribution in [1.29, 1.82) is 0 Å². The summed E-state index contributed by atoms with van der Waals surface area (Å²) in [4.78, 5) is 3.96. The van der Waals surface area contributed by atoms with Crippen LogP contribution in [-0.4, -0.2) is 19.2 Å². The van der Waals surface area contributed by atoms with Crippen LogP contribution in [0.15, 0.2) is 47.5 Å². The number of aromatic nitrogens is 1. The van der Waals surface area contributed by atoms with Crippen LogP contribution in [0, 0.1) is 5.95 Å². The largest absolute Gasteiger partial charge is 0.377 e. The monoisotopic (exact) mass is 292 g/mol. The predicted molar refractivity (Wildman–Crippen MR) is 73.7 cm³/mol. The van der Waals surface area contributed by atoms with Gasteiger partial charge in [0.15, 0.2) is 9.84 Å². The number of nitrogens with zero attached hydrogens (tertiary/aromatic N) is 1. The molecule has 0 aliphatic carbocycles. The summed E-state index contributed by atoms with van der Waals surface area (Å²) < 4.78 is 36.8. The molecule has 0 amide bonds. The first-order chi connectivity index (χ1) is 9.56. The highest BCUT2D eigenvalue weighted by molar-refractivity contribution is 7.91. The first-order valence-corrected chi connectivity index (χ1v) is 7.91. The summed E-state index contributed by atoms with van der Waals surface area (Å²) in [5, 5.41) is 3.21. The fraction of sp³-hybridized carbons (Fsp3) is 0.214. The molecule has 4 nitrogen and oxygen atoms in total. The number of rotatable bonds is 2. The summed E-state index contributed by atoms with van der Waals surface area (Å²) in [5.74, 6) is -0.432. The Hall–Kier alpha value is -1.95. The Labute approximate surface area is 116 Å². The molecule has 0 saturated carbocycles. The molecule has 6 heteroatoms. The minimum absolute atomic E-state index is 0.107. The number of fused-ring (bicyclic) bond motifs is 1. The maximum atomic E-state index is 12.8. The second-order valence-corrected chi connectivity index (χ2v) is 6.79. The Morgan fingerprint density at radius 1 is 1.20 bits per heavy atom. The fourth-order valence-corrected chi connectivity index (χ4v) is 4.02. The predicted octanol–water partition coefficient (Wildman–Crippen LogP) is 2.55. The van der Waals surface area contributed by atoms with Crippen LogP contribution in [0.4, 0.5) is 10.1 Å². The van der Waals surface area contributed by atoms with Crippen molar-refractivity contribution < 1.29 is 12.8 Å². The van der Waals surface area contributed by atoms with Gasteiger partial charge in [-0.2, -0.15) is 4.39 Å². The summed E-state index contributed by atoms with van der Waals surface area (Å²) in [7, 11) is -3.19. The van der Waals surface area contributed by atoms with Gasteiger partial charge in [-0.15, -0.1) is 0 Å². The SMILES string of the molecule is O=S1(=O)CCC(Nc2ccc(F)nc2)c2ccccc21.